The van der Waals surface area contributed by atoms with Crippen molar-refractivity contribution >= 4 is 27.3 Å². The van der Waals surface area contributed by atoms with Gasteiger partial charge in [-0.15, -0.1) is 0 Å². The van der Waals surface area contributed by atoms with Gasteiger partial charge in [0.2, 0.25) is 4.96 Å². The first kappa shape index (κ1) is 24.1. The van der Waals surface area contributed by atoms with Gasteiger partial charge in [-0.1, -0.05) is 35.6 Å². The van der Waals surface area contributed by atoms with Gasteiger partial charge in [-0.25, -0.2) is 9.50 Å². The minimum Gasteiger partial charge on any atom is -0.496 e. The maximum Gasteiger partial charge on any atom is 0.298 e. The molecule has 2 aromatic carbocycles. The molecule has 0 atom stereocenters. The number of nitrogens with zero attached hydrogens (tertiary/aromatic N) is 4. The zero-order chi connectivity index (χ0) is 26.4. The van der Waals surface area contributed by atoms with Crippen LogP contribution >= 0.6 is 11.3 Å². The van der Waals surface area contributed by atoms with Crippen LogP contribution in [0.3, 0.4) is 0 Å². The molecule has 0 aliphatic rings. The summed E-state index contributed by atoms with van der Waals surface area (Å²) in [6.45, 7) is 3.10. The van der Waals surface area contributed by atoms with Crippen LogP contribution in [0.15, 0.2) is 71.4 Å². The van der Waals surface area contributed by atoms with Crippen LogP contribution in [-0.2, 0) is 12.5 Å². The van der Waals surface area contributed by atoms with Crippen LogP contribution in [0.5, 0.6) is 11.5 Å². The minimum atomic E-state index is -3.02. The Hall–Kier alpha value is -4.31. The maximum absolute atomic E-state index is 13.6. The van der Waals surface area contributed by atoms with Crippen molar-refractivity contribution in [3.05, 3.63) is 83.3 Å². The Kier molecular flexibility index (Phi) is 5.83. The van der Waals surface area contributed by atoms with E-state index in [2.05, 4.69) is 21.1 Å². The topological polar surface area (TPSA) is 74.7 Å². The number of aromatic nitrogens is 4. The first-order valence-corrected chi connectivity index (χ1v) is 12.6. The highest BCUT2D eigenvalue weighted by Crippen LogP contribution is 2.38. The van der Waals surface area contributed by atoms with Crippen LogP contribution in [0.1, 0.15) is 23.2 Å². The van der Waals surface area contributed by atoms with E-state index in [1.165, 1.54) is 4.52 Å². The predicted molar refractivity (Wildman–Crippen MR) is 141 cm³/mol. The Morgan fingerprint density at radius 1 is 1.08 bits per heavy atom. The van der Waals surface area contributed by atoms with Crippen LogP contribution in [-0.4, -0.2) is 26.7 Å². The molecule has 0 bridgehead atoms. The smallest absolute Gasteiger partial charge is 0.298 e. The molecule has 10 heteroatoms. The number of benzene rings is 2. The first-order chi connectivity index (χ1) is 18.3. The highest BCUT2D eigenvalue weighted by Gasteiger charge is 2.30. The Labute approximate surface area is 220 Å². The molecule has 0 aliphatic heterocycles. The van der Waals surface area contributed by atoms with E-state index in [-0.39, 0.29) is 5.01 Å². The number of alkyl halides is 2. The van der Waals surface area contributed by atoms with Crippen LogP contribution in [0.25, 0.3) is 38.5 Å². The quantitative estimate of drug-likeness (QED) is 0.215. The van der Waals surface area contributed by atoms with Crippen LogP contribution in [0.4, 0.5) is 8.78 Å². The number of pyridine rings is 1. The molecule has 4 aromatic heterocycles. The van der Waals surface area contributed by atoms with Gasteiger partial charge in [-0.3, -0.25) is 4.98 Å². The maximum atomic E-state index is 13.6. The van der Waals surface area contributed by atoms with Crippen LogP contribution in [0.2, 0.25) is 0 Å². The molecule has 0 saturated heterocycles. The van der Waals surface area contributed by atoms with Gasteiger partial charge in [-0.05, 0) is 36.2 Å². The number of fused-ring (bicyclic) bond motifs is 2. The molecule has 6 aromatic rings. The summed E-state index contributed by atoms with van der Waals surface area (Å²) in [5, 5.41) is 4.41. The summed E-state index contributed by atoms with van der Waals surface area (Å²) in [6, 6.07) is 17.5. The molecule has 7 nitrogen and oxygen atoms in total. The van der Waals surface area contributed by atoms with Crippen molar-refractivity contribution in [1.29, 1.82) is 0 Å². The summed E-state index contributed by atoms with van der Waals surface area (Å²) in [7, 11) is 1.57. The molecular weight excluding hydrogens is 510 g/mol. The Morgan fingerprint density at radius 2 is 1.95 bits per heavy atom. The number of aryl methyl sites for hydroxylation is 1. The van der Waals surface area contributed by atoms with Gasteiger partial charge in [0.15, 0.2) is 10.8 Å². The van der Waals surface area contributed by atoms with Crippen molar-refractivity contribution in [2.24, 2.45) is 0 Å². The Bertz CT molecular complexity index is 1740. The minimum absolute atomic E-state index is 0.292. The average Bonchev–Trinajstić information content (AvgIpc) is 3.60. The van der Waals surface area contributed by atoms with E-state index in [9.17, 15) is 8.78 Å². The molecule has 4 heterocycles. The third-order valence-corrected chi connectivity index (χ3v) is 7.14. The van der Waals surface area contributed by atoms with E-state index in [0.29, 0.717) is 40.1 Å². The van der Waals surface area contributed by atoms with Gasteiger partial charge in [0, 0.05) is 36.5 Å². The van der Waals surface area contributed by atoms with Crippen LogP contribution in [0, 0.1) is 6.92 Å². The highest BCUT2D eigenvalue weighted by atomic mass is 32.1. The third kappa shape index (κ3) is 4.58. The van der Waals surface area contributed by atoms with Gasteiger partial charge in [0.1, 0.15) is 29.4 Å². The molecule has 0 N–H and O–H groups in total. The third-order valence-electron chi connectivity index (χ3n) is 6.05. The predicted octanol–water partition coefficient (Wildman–Crippen LogP) is 7.27. The van der Waals surface area contributed by atoms with E-state index in [0.717, 1.165) is 46.0 Å². The Morgan fingerprint density at radius 3 is 2.68 bits per heavy atom. The fourth-order valence-corrected chi connectivity index (χ4v) is 4.89. The lowest BCUT2D eigenvalue weighted by atomic mass is 10.0. The molecule has 0 unspecified atom stereocenters. The lowest BCUT2D eigenvalue weighted by molar-refractivity contribution is 0.0163. The fraction of sp³-hybridized carbons (Fsp3) is 0.179. The lowest BCUT2D eigenvalue weighted by Gasteiger charge is -2.10. The molecule has 0 radical (unpaired) electrons. The summed E-state index contributed by atoms with van der Waals surface area (Å²) in [4.78, 5) is 9.18. The lowest BCUT2D eigenvalue weighted by Crippen LogP contribution is -2.06. The van der Waals surface area contributed by atoms with Crippen molar-refractivity contribution in [2.75, 3.05) is 7.11 Å². The molecule has 0 saturated carbocycles. The molecule has 0 aliphatic carbocycles. The van der Waals surface area contributed by atoms with Gasteiger partial charge in [-0.2, -0.15) is 13.9 Å². The second kappa shape index (κ2) is 9.21. The number of furan rings is 1. The standard InChI is InChI=1S/C28H22F2N4O3S/c1-16-7-8-19(13-31-16)18-6-4-5-17(9-18)15-36-23-10-20(35-3)11-24-21(23)12-25(37-24)22-14-34-27(32-22)38-26(33-34)28(2,29)30/h4-14H,15H2,1-3H3. The van der Waals surface area contributed by atoms with Gasteiger partial charge in [0.05, 0.1) is 18.7 Å². The molecule has 38 heavy (non-hydrogen) atoms. The van der Waals surface area contributed by atoms with Gasteiger partial charge in [0.25, 0.3) is 5.92 Å². The van der Waals surface area contributed by atoms with E-state index in [1.807, 2.05) is 49.5 Å². The zero-order valence-corrected chi connectivity index (χ0v) is 21.6. The number of imidazole rings is 1. The number of ether oxygens (including phenoxy) is 2. The summed E-state index contributed by atoms with van der Waals surface area (Å²) < 4.78 is 46.3. The molecule has 0 fully saturated rings. The average molecular weight is 533 g/mol. The summed E-state index contributed by atoms with van der Waals surface area (Å²) >= 11 is 0.842. The normalized spacial score (nSPS) is 11.9. The van der Waals surface area contributed by atoms with Crippen molar-refractivity contribution in [2.45, 2.75) is 26.4 Å². The summed E-state index contributed by atoms with van der Waals surface area (Å²) in [5.41, 5.74) is 5.08. The SMILES string of the molecule is COc1cc(OCc2cccc(-c3ccc(C)nc3)c2)c2cc(-c3cn4nc(C(C)(F)F)sc4n3)oc2c1. The molecular formula is C28H22F2N4O3S. The molecule has 0 amide bonds. The van der Waals surface area contributed by atoms with E-state index < -0.39 is 5.92 Å². The van der Waals surface area contributed by atoms with E-state index >= 15 is 0 Å². The number of methoxy groups -OCH3 is 1. The molecule has 0 spiro atoms. The molecule has 192 valence electrons. The van der Waals surface area contributed by atoms with Gasteiger partial charge < -0.3 is 13.9 Å². The number of halogens is 2. The van der Waals surface area contributed by atoms with Crippen molar-refractivity contribution in [3.8, 4) is 34.1 Å². The zero-order valence-electron chi connectivity index (χ0n) is 20.7. The molecule has 6 rings (SSSR count). The highest BCUT2D eigenvalue weighted by molar-refractivity contribution is 7.16. The first-order valence-electron chi connectivity index (χ1n) is 11.8. The largest absolute Gasteiger partial charge is 0.496 e. The van der Waals surface area contributed by atoms with Crippen molar-refractivity contribution < 1.29 is 22.7 Å². The second-order valence-corrected chi connectivity index (χ2v) is 9.93. The summed E-state index contributed by atoms with van der Waals surface area (Å²) in [5.74, 6) is -1.39. The van der Waals surface area contributed by atoms with E-state index in [1.54, 1.807) is 25.4 Å². The number of rotatable bonds is 7. The van der Waals surface area contributed by atoms with E-state index in [4.69, 9.17) is 13.9 Å². The van der Waals surface area contributed by atoms with Gasteiger partial charge >= 0.3 is 0 Å². The monoisotopic (exact) mass is 532 g/mol. The summed E-state index contributed by atoms with van der Waals surface area (Å²) in [6.07, 6.45) is 3.43. The Balaban J connectivity index is 1.30. The number of hydrogen-bond acceptors (Lipinski definition) is 7. The van der Waals surface area contributed by atoms with Crippen molar-refractivity contribution in [1.82, 2.24) is 19.6 Å². The fourth-order valence-electron chi connectivity index (χ4n) is 4.08. The second-order valence-electron chi connectivity index (χ2n) is 8.97. The van der Waals surface area contributed by atoms with Crippen molar-refractivity contribution in [3.63, 3.8) is 0 Å². The van der Waals surface area contributed by atoms with Crippen LogP contribution < -0.4 is 9.47 Å². The number of hydrogen-bond donors (Lipinski definition) is 0.